The van der Waals surface area contributed by atoms with Crippen LogP contribution >= 0.6 is 15.9 Å². The molecular formula is C15H22BrNO3. The number of aliphatic hydroxyl groups excluding tert-OH is 1. The Morgan fingerprint density at radius 1 is 1.40 bits per heavy atom. The van der Waals surface area contributed by atoms with Gasteiger partial charge >= 0.3 is 6.09 Å². The van der Waals surface area contributed by atoms with E-state index < -0.39 is 11.7 Å². The number of amides is 1. The number of hydrogen-bond donors (Lipinski definition) is 1. The number of benzene rings is 1. The third-order valence-corrected chi connectivity index (χ3v) is 3.51. The average molecular weight is 344 g/mol. The van der Waals surface area contributed by atoms with Crippen molar-refractivity contribution < 1.29 is 14.6 Å². The minimum absolute atomic E-state index is 0.0885. The van der Waals surface area contributed by atoms with E-state index in [9.17, 15) is 4.79 Å². The maximum atomic E-state index is 12.1. The van der Waals surface area contributed by atoms with Crippen LogP contribution in [0.2, 0.25) is 0 Å². The number of aryl methyl sites for hydroxylation is 1. The number of ether oxygens (including phenoxy) is 1. The normalized spacial score (nSPS) is 11.3. The third-order valence-electron chi connectivity index (χ3n) is 2.62. The van der Waals surface area contributed by atoms with Crippen molar-refractivity contribution in [1.29, 1.82) is 0 Å². The fourth-order valence-corrected chi connectivity index (χ4v) is 1.95. The second-order valence-electron chi connectivity index (χ2n) is 5.71. The number of halogens is 1. The van der Waals surface area contributed by atoms with Gasteiger partial charge in [0.2, 0.25) is 0 Å². The molecule has 1 amide bonds. The van der Waals surface area contributed by atoms with Gasteiger partial charge < -0.3 is 14.7 Å². The SMILES string of the molecule is Cc1cc(CN(CCO)C(=O)OC(C)(C)C)ccc1Br. The smallest absolute Gasteiger partial charge is 0.410 e. The second kappa shape index (κ2) is 7.09. The van der Waals surface area contributed by atoms with Crippen molar-refractivity contribution in [2.45, 2.75) is 39.8 Å². The van der Waals surface area contributed by atoms with Crippen LogP contribution in [0.15, 0.2) is 22.7 Å². The van der Waals surface area contributed by atoms with Gasteiger partial charge in [-0.1, -0.05) is 28.1 Å². The van der Waals surface area contributed by atoms with Crippen LogP contribution < -0.4 is 0 Å². The molecule has 5 heteroatoms. The van der Waals surface area contributed by atoms with E-state index in [0.717, 1.165) is 15.6 Å². The monoisotopic (exact) mass is 343 g/mol. The Morgan fingerprint density at radius 3 is 2.55 bits per heavy atom. The van der Waals surface area contributed by atoms with Crippen molar-refractivity contribution >= 4 is 22.0 Å². The summed E-state index contributed by atoms with van der Waals surface area (Å²) in [6, 6.07) is 5.92. The molecule has 20 heavy (non-hydrogen) atoms. The molecule has 0 unspecified atom stereocenters. The zero-order valence-electron chi connectivity index (χ0n) is 12.4. The van der Waals surface area contributed by atoms with Crippen LogP contribution in [0.5, 0.6) is 0 Å². The second-order valence-corrected chi connectivity index (χ2v) is 6.56. The quantitative estimate of drug-likeness (QED) is 0.910. The molecule has 0 spiro atoms. The van der Waals surface area contributed by atoms with Crippen molar-refractivity contribution in [2.24, 2.45) is 0 Å². The molecule has 0 aliphatic carbocycles. The zero-order valence-corrected chi connectivity index (χ0v) is 14.0. The third kappa shape index (κ3) is 5.51. The molecule has 0 heterocycles. The summed E-state index contributed by atoms with van der Waals surface area (Å²) in [5.74, 6) is 0. The summed E-state index contributed by atoms with van der Waals surface area (Å²) >= 11 is 3.45. The summed E-state index contributed by atoms with van der Waals surface area (Å²) in [6.07, 6.45) is -0.410. The number of carbonyl (C=O) groups is 1. The molecule has 1 aromatic rings. The van der Waals surface area contributed by atoms with Gasteiger partial charge in [-0.3, -0.25) is 0 Å². The molecule has 1 rings (SSSR count). The Hall–Kier alpha value is -1.07. The minimum atomic E-state index is -0.541. The van der Waals surface area contributed by atoms with E-state index in [1.807, 2.05) is 45.9 Å². The lowest BCUT2D eigenvalue weighted by atomic mass is 10.1. The number of hydrogen-bond acceptors (Lipinski definition) is 3. The fourth-order valence-electron chi connectivity index (χ4n) is 1.71. The van der Waals surface area contributed by atoms with Gasteiger partial charge in [0.15, 0.2) is 0 Å². The highest BCUT2D eigenvalue weighted by molar-refractivity contribution is 9.10. The van der Waals surface area contributed by atoms with Crippen molar-refractivity contribution in [3.63, 3.8) is 0 Å². The van der Waals surface area contributed by atoms with Crippen LogP contribution in [-0.4, -0.2) is 34.9 Å². The van der Waals surface area contributed by atoms with Crippen LogP contribution in [0.3, 0.4) is 0 Å². The topological polar surface area (TPSA) is 49.8 Å². The Bertz CT molecular complexity index is 469. The molecule has 0 aromatic heterocycles. The summed E-state index contributed by atoms with van der Waals surface area (Å²) in [7, 11) is 0. The number of nitrogens with zero attached hydrogens (tertiary/aromatic N) is 1. The Kier molecular flexibility index (Phi) is 6.02. The predicted octanol–water partition coefficient (Wildman–Crippen LogP) is 3.49. The van der Waals surface area contributed by atoms with Crippen molar-refractivity contribution in [1.82, 2.24) is 4.90 Å². The first-order valence-electron chi connectivity index (χ1n) is 6.57. The van der Waals surface area contributed by atoms with E-state index in [2.05, 4.69) is 15.9 Å². The minimum Gasteiger partial charge on any atom is -0.444 e. The predicted molar refractivity (Wildman–Crippen MR) is 82.6 cm³/mol. The van der Waals surface area contributed by atoms with Gasteiger partial charge in [0.25, 0.3) is 0 Å². The summed E-state index contributed by atoms with van der Waals surface area (Å²) in [4.78, 5) is 13.6. The first-order valence-corrected chi connectivity index (χ1v) is 7.36. The van der Waals surface area contributed by atoms with E-state index in [4.69, 9.17) is 9.84 Å². The van der Waals surface area contributed by atoms with Gasteiger partial charge in [0, 0.05) is 17.6 Å². The van der Waals surface area contributed by atoms with Gasteiger partial charge in [-0.25, -0.2) is 4.79 Å². The van der Waals surface area contributed by atoms with Crippen molar-refractivity contribution in [2.75, 3.05) is 13.2 Å². The average Bonchev–Trinajstić information content (AvgIpc) is 2.31. The molecule has 0 saturated carbocycles. The van der Waals surface area contributed by atoms with Gasteiger partial charge in [0.05, 0.1) is 6.61 Å². The zero-order chi connectivity index (χ0) is 15.3. The highest BCUT2D eigenvalue weighted by Gasteiger charge is 2.22. The highest BCUT2D eigenvalue weighted by atomic mass is 79.9. The fraction of sp³-hybridized carbons (Fsp3) is 0.533. The standard InChI is InChI=1S/C15H22BrNO3/c1-11-9-12(5-6-13(11)16)10-17(7-8-18)14(19)20-15(2,3)4/h5-6,9,18H,7-8,10H2,1-4H3. The lowest BCUT2D eigenvalue weighted by molar-refractivity contribution is 0.0201. The van der Waals surface area contributed by atoms with E-state index in [1.165, 1.54) is 4.90 Å². The summed E-state index contributed by atoms with van der Waals surface area (Å²) in [5.41, 5.74) is 1.57. The molecule has 1 aromatic carbocycles. The molecule has 0 fully saturated rings. The number of rotatable bonds is 4. The molecule has 0 aliphatic heterocycles. The highest BCUT2D eigenvalue weighted by Crippen LogP contribution is 2.19. The molecule has 112 valence electrons. The Labute approximate surface area is 128 Å². The maximum absolute atomic E-state index is 12.1. The maximum Gasteiger partial charge on any atom is 0.410 e. The first kappa shape index (κ1) is 17.0. The van der Waals surface area contributed by atoms with E-state index in [-0.39, 0.29) is 13.2 Å². The lowest BCUT2D eigenvalue weighted by Crippen LogP contribution is -2.38. The van der Waals surface area contributed by atoms with Crippen LogP contribution in [0, 0.1) is 6.92 Å². The summed E-state index contributed by atoms with van der Waals surface area (Å²) in [5, 5.41) is 9.10. The molecule has 0 saturated heterocycles. The summed E-state index contributed by atoms with van der Waals surface area (Å²) < 4.78 is 6.38. The molecule has 4 nitrogen and oxygen atoms in total. The lowest BCUT2D eigenvalue weighted by Gasteiger charge is -2.27. The molecule has 0 bridgehead atoms. The first-order chi connectivity index (χ1) is 9.23. The van der Waals surface area contributed by atoms with Crippen LogP contribution in [-0.2, 0) is 11.3 Å². The Balaban J connectivity index is 2.80. The molecule has 0 aliphatic rings. The van der Waals surface area contributed by atoms with Gasteiger partial charge in [-0.05, 0) is 44.9 Å². The molecule has 0 radical (unpaired) electrons. The van der Waals surface area contributed by atoms with E-state index in [0.29, 0.717) is 6.54 Å². The largest absolute Gasteiger partial charge is 0.444 e. The molecule has 1 N–H and O–H groups in total. The number of carbonyl (C=O) groups excluding carboxylic acids is 1. The van der Waals surface area contributed by atoms with Crippen LogP contribution in [0.1, 0.15) is 31.9 Å². The Morgan fingerprint density at radius 2 is 2.05 bits per heavy atom. The number of aliphatic hydroxyl groups is 1. The van der Waals surface area contributed by atoms with Crippen molar-refractivity contribution in [3.8, 4) is 0 Å². The van der Waals surface area contributed by atoms with Gasteiger partial charge in [-0.15, -0.1) is 0 Å². The molecular weight excluding hydrogens is 322 g/mol. The van der Waals surface area contributed by atoms with E-state index >= 15 is 0 Å². The summed E-state index contributed by atoms with van der Waals surface area (Å²) in [6.45, 7) is 8.06. The van der Waals surface area contributed by atoms with Crippen LogP contribution in [0.25, 0.3) is 0 Å². The van der Waals surface area contributed by atoms with Crippen LogP contribution in [0.4, 0.5) is 4.79 Å². The van der Waals surface area contributed by atoms with E-state index in [1.54, 1.807) is 0 Å². The molecule has 0 atom stereocenters. The van der Waals surface area contributed by atoms with Crippen molar-refractivity contribution in [3.05, 3.63) is 33.8 Å². The van der Waals surface area contributed by atoms with Gasteiger partial charge in [0.1, 0.15) is 5.60 Å². The van der Waals surface area contributed by atoms with Gasteiger partial charge in [-0.2, -0.15) is 0 Å².